The lowest BCUT2D eigenvalue weighted by molar-refractivity contribution is -0.139. The summed E-state index contributed by atoms with van der Waals surface area (Å²) in [5.74, 6) is 0.956. The molecule has 13 heavy (non-hydrogen) atoms. The van der Waals surface area contributed by atoms with Gasteiger partial charge in [0.2, 0.25) is 0 Å². The molecule has 0 aliphatic rings. The lowest BCUT2D eigenvalue weighted by Crippen LogP contribution is -2.11. The van der Waals surface area contributed by atoms with Gasteiger partial charge in [0.1, 0.15) is 0 Å². The second-order valence-corrected chi connectivity index (χ2v) is 3.93. The van der Waals surface area contributed by atoms with Crippen molar-refractivity contribution in [3.05, 3.63) is 12.2 Å². The smallest absolute Gasteiger partial charge is 0.333 e. The van der Waals surface area contributed by atoms with Gasteiger partial charge in [0.05, 0.1) is 6.61 Å². The molecule has 0 rings (SSSR count). The maximum atomic E-state index is 11.0. The van der Waals surface area contributed by atoms with Crippen molar-refractivity contribution >= 4 is 5.97 Å². The SMILES string of the molecule is C=C(C)C(=O)OCCC(C)C(C)C. The Bertz CT molecular complexity index is 183. The Kier molecular flexibility index (Phi) is 5.44. The van der Waals surface area contributed by atoms with E-state index in [4.69, 9.17) is 4.74 Å². The Morgan fingerprint density at radius 3 is 2.31 bits per heavy atom. The molecule has 0 saturated heterocycles. The average molecular weight is 184 g/mol. The molecule has 0 aromatic heterocycles. The van der Waals surface area contributed by atoms with Gasteiger partial charge in [0.15, 0.2) is 0 Å². The maximum absolute atomic E-state index is 11.0. The number of carbonyl (C=O) groups excluding carboxylic acids is 1. The second-order valence-electron chi connectivity index (χ2n) is 3.93. The molecular formula is C11H20O2. The molecule has 0 aliphatic heterocycles. The van der Waals surface area contributed by atoms with Crippen molar-refractivity contribution in [2.24, 2.45) is 11.8 Å². The zero-order valence-electron chi connectivity index (χ0n) is 9.09. The van der Waals surface area contributed by atoms with Crippen LogP contribution in [0.3, 0.4) is 0 Å². The fourth-order valence-corrected chi connectivity index (χ4v) is 0.794. The van der Waals surface area contributed by atoms with E-state index < -0.39 is 0 Å². The van der Waals surface area contributed by atoms with Crippen molar-refractivity contribution in [2.45, 2.75) is 34.1 Å². The number of carbonyl (C=O) groups is 1. The van der Waals surface area contributed by atoms with Gasteiger partial charge in [-0.05, 0) is 25.2 Å². The molecule has 76 valence electrons. The molecule has 0 bridgehead atoms. The Morgan fingerprint density at radius 2 is 1.92 bits per heavy atom. The lowest BCUT2D eigenvalue weighted by Gasteiger charge is -2.14. The zero-order chi connectivity index (χ0) is 10.4. The number of hydrogen-bond acceptors (Lipinski definition) is 2. The van der Waals surface area contributed by atoms with Crippen LogP contribution in [0.1, 0.15) is 34.1 Å². The molecule has 0 aromatic carbocycles. The molecule has 0 radical (unpaired) electrons. The average Bonchev–Trinajstić information content (AvgIpc) is 2.03. The summed E-state index contributed by atoms with van der Waals surface area (Å²) in [4.78, 5) is 11.0. The first-order valence-corrected chi connectivity index (χ1v) is 4.77. The number of esters is 1. The summed E-state index contributed by atoms with van der Waals surface area (Å²) in [5.41, 5.74) is 0.470. The number of ether oxygens (including phenoxy) is 1. The summed E-state index contributed by atoms with van der Waals surface area (Å²) in [6, 6.07) is 0. The quantitative estimate of drug-likeness (QED) is 0.485. The third-order valence-corrected chi connectivity index (χ3v) is 2.29. The highest BCUT2D eigenvalue weighted by molar-refractivity contribution is 5.86. The van der Waals surface area contributed by atoms with Crippen molar-refractivity contribution in [1.29, 1.82) is 0 Å². The Labute approximate surface area is 81.0 Å². The van der Waals surface area contributed by atoms with E-state index >= 15 is 0 Å². The van der Waals surface area contributed by atoms with Gasteiger partial charge in [0.25, 0.3) is 0 Å². The van der Waals surface area contributed by atoms with Gasteiger partial charge in [0, 0.05) is 5.57 Å². The molecule has 1 atom stereocenters. The van der Waals surface area contributed by atoms with E-state index in [1.54, 1.807) is 6.92 Å². The first-order valence-electron chi connectivity index (χ1n) is 4.77. The van der Waals surface area contributed by atoms with Crippen LogP contribution >= 0.6 is 0 Å². The van der Waals surface area contributed by atoms with Crippen LogP contribution in [0, 0.1) is 11.8 Å². The fraction of sp³-hybridized carbons (Fsp3) is 0.727. The standard InChI is InChI=1S/C11H20O2/c1-8(2)10(5)6-7-13-11(12)9(3)4/h8,10H,3,6-7H2,1-2,4-5H3. The van der Waals surface area contributed by atoms with E-state index in [0.717, 1.165) is 6.42 Å². The van der Waals surface area contributed by atoms with Crippen molar-refractivity contribution < 1.29 is 9.53 Å². The summed E-state index contributed by atoms with van der Waals surface area (Å²) >= 11 is 0. The third kappa shape index (κ3) is 5.45. The van der Waals surface area contributed by atoms with Crippen molar-refractivity contribution in [3.63, 3.8) is 0 Å². The van der Waals surface area contributed by atoms with Gasteiger partial charge in [-0.2, -0.15) is 0 Å². The molecule has 0 spiro atoms. The molecule has 1 unspecified atom stereocenters. The van der Waals surface area contributed by atoms with Crippen LogP contribution in [0.25, 0.3) is 0 Å². The third-order valence-electron chi connectivity index (χ3n) is 2.29. The molecule has 0 aliphatic carbocycles. The van der Waals surface area contributed by atoms with Crippen molar-refractivity contribution in [1.82, 2.24) is 0 Å². The van der Waals surface area contributed by atoms with Crippen LogP contribution in [-0.2, 0) is 9.53 Å². The Hall–Kier alpha value is -0.790. The van der Waals surface area contributed by atoms with Gasteiger partial charge < -0.3 is 4.74 Å². The van der Waals surface area contributed by atoms with E-state index in [0.29, 0.717) is 24.0 Å². The molecule has 0 fully saturated rings. The van der Waals surface area contributed by atoms with E-state index in [-0.39, 0.29) is 5.97 Å². The normalized spacial score (nSPS) is 12.7. The second kappa shape index (κ2) is 5.79. The fourth-order valence-electron chi connectivity index (χ4n) is 0.794. The van der Waals surface area contributed by atoms with Crippen LogP contribution < -0.4 is 0 Å². The minimum Gasteiger partial charge on any atom is -0.462 e. The summed E-state index contributed by atoms with van der Waals surface area (Å²) < 4.78 is 4.99. The highest BCUT2D eigenvalue weighted by Gasteiger charge is 2.08. The predicted octanol–water partition coefficient (Wildman–Crippen LogP) is 2.79. The summed E-state index contributed by atoms with van der Waals surface area (Å²) in [5, 5.41) is 0. The van der Waals surface area contributed by atoms with Crippen LogP contribution in [0.5, 0.6) is 0 Å². The maximum Gasteiger partial charge on any atom is 0.333 e. The molecule has 0 amide bonds. The van der Waals surface area contributed by atoms with Gasteiger partial charge >= 0.3 is 5.97 Å². The van der Waals surface area contributed by atoms with Gasteiger partial charge in [-0.1, -0.05) is 27.4 Å². The van der Waals surface area contributed by atoms with Crippen LogP contribution in [0.4, 0.5) is 0 Å². The van der Waals surface area contributed by atoms with Crippen molar-refractivity contribution in [3.8, 4) is 0 Å². The Balaban J connectivity index is 3.56. The molecular weight excluding hydrogens is 164 g/mol. The predicted molar refractivity (Wildman–Crippen MR) is 54.4 cm³/mol. The summed E-state index contributed by atoms with van der Waals surface area (Å²) in [6.07, 6.45) is 0.927. The van der Waals surface area contributed by atoms with Gasteiger partial charge in [-0.3, -0.25) is 0 Å². The van der Waals surface area contributed by atoms with Crippen LogP contribution in [0.15, 0.2) is 12.2 Å². The zero-order valence-corrected chi connectivity index (χ0v) is 9.09. The molecule has 0 heterocycles. The topological polar surface area (TPSA) is 26.3 Å². The molecule has 2 nitrogen and oxygen atoms in total. The first kappa shape index (κ1) is 12.2. The Morgan fingerprint density at radius 1 is 1.38 bits per heavy atom. The summed E-state index contributed by atoms with van der Waals surface area (Å²) in [7, 11) is 0. The van der Waals surface area contributed by atoms with Gasteiger partial charge in [-0.25, -0.2) is 4.79 Å². The number of hydrogen-bond donors (Lipinski definition) is 0. The van der Waals surface area contributed by atoms with Crippen molar-refractivity contribution in [2.75, 3.05) is 6.61 Å². The van der Waals surface area contributed by atoms with E-state index in [2.05, 4.69) is 27.4 Å². The minimum atomic E-state index is -0.282. The van der Waals surface area contributed by atoms with Crippen LogP contribution in [-0.4, -0.2) is 12.6 Å². The van der Waals surface area contributed by atoms with Crippen LogP contribution in [0.2, 0.25) is 0 Å². The summed E-state index contributed by atoms with van der Waals surface area (Å²) in [6.45, 7) is 12.2. The molecule has 0 saturated carbocycles. The monoisotopic (exact) mass is 184 g/mol. The largest absolute Gasteiger partial charge is 0.462 e. The molecule has 0 N–H and O–H groups in total. The highest BCUT2D eigenvalue weighted by atomic mass is 16.5. The minimum absolute atomic E-state index is 0.282. The molecule has 0 aromatic rings. The number of rotatable bonds is 5. The molecule has 2 heteroatoms. The highest BCUT2D eigenvalue weighted by Crippen LogP contribution is 2.13. The lowest BCUT2D eigenvalue weighted by atomic mass is 9.95. The van der Waals surface area contributed by atoms with E-state index in [9.17, 15) is 4.79 Å². The van der Waals surface area contributed by atoms with E-state index in [1.807, 2.05) is 0 Å². The first-order chi connectivity index (χ1) is 5.95. The van der Waals surface area contributed by atoms with E-state index in [1.165, 1.54) is 0 Å². The van der Waals surface area contributed by atoms with Gasteiger partial charge in [-0.15, -0.1) is 0 Å².